The maximum Gasteiger partial charge on any atom is 0.297 e. The second-order valence-corrected chi connectivity index (χ2v) is 6.79. The fourth-order valence-electron chi connectivity index (χ4n) is 2.41. The maximum atomic E-state index is 13.9. The normalized spacial score (nSPS) is 11.5. The van der Waals surface area contributed by atoms with Crippen molar-refractivity contribution in [2.24, 2.45) is 0 Å². The van der Waals surface area contributed by atoms with E-state index < -0.39 is 36.1 Å². The summed E-state index contributed by atoms with van der Waals surface area (Å²) in [6.45, 7) is 0. The minimum absolute atomic E-state index is 0.0302. The Bertz CT molecular complexity index is 1080. The van der Waals surface area contributed by atoms with Crippen LogP contribution in [-0.2, 0) is 9.84 Å². The van der Waals surface area contributed by atoms with Gasteiger partial charge in [-0.3, -0.25) is 15.1 Å². The van der Waals surface area contributed by atoms with Crippen LogP contribution in [0.25, 0.3) is 10.9 Å². The lowest BCUT2D eigenvalue weighted by atomic mass is 10.1. The molecule has 7 nitrogen and oxygen atoms in total. The predicted octanol–water partition coefficient (Wildman–Crippen LogP) is 2.70. The smallest absolute Gasteiger partial charge is 0.297 e. The topological polar surface area (TPSA) is 116 Å². The number of benzene rings is 2. The van der Waals surface area contributed by atoms with Crippen molar-refractivity contribution >= 4 is 32.1 Å². The number of pyridine rings is 1. The van der Waals surface area contributed by atoms with Gasteiger partial charge in [-0.2, -0.15) is 0 Å². The Balaban J connectivity index is 2.45. The van der Waals surface area contributed by atoms with Gasteiger partial charge in [-0.05, 0) is 30.3 Å². The molecule has 0 radical (unpaired) electrons. The molecule has 0 unspecified atom stereocenters. The van der Waals surface area contributed by atoms with Crippen LogP contribution in [0.1, 0.15) is 0 Å². The van der Waals surface area contributed by atoms with Gasteiger partial charge < -0.3 is 5.73 Å². The minimum atomic E-state index is -4.48. The average Bonchev–Trinajstić information content (AvgIpc) is 2.54. The highest BCUT2D eigenvalue weighted by atomic mass is 32.2. The molecule has 3 aromatic rings. The molecule has 0 spiro atoms. The number of nitrogen functional groups attached to an aromatic ring is 1. The van der Waals surface area contributed by atoms with Gasteiger partial charge in [0.15, 0.2) is 4.90 Å². The Kier molecular flexibility index (Phi) is 3.64. The van der Waals surface area contributed by atoms with Crippen molar-refractivity contribution in [2.75, 3.05) is 5.73 Å². The van der Waals surface area contributed by atoms with Crippen LogP contribution in [0.5, 0.6) is 0 Å². The molecular weight excluding hydrogens is 337 g/mol. The molecule has 24 heavy (non-hydrogen) atoms. The minimum Gasteiger partial charge on any atom is -0.397 e. The van der Waals surface area contributed by atoms with Crippen molar-refractivity contribution in [2.45, 2.75) is 9.79 Å². The molecule has 0 amide bonds. The molecule has 0 saturated heterocycles. The zero-order valence-corrected chi connectivity index (χ0v) is 12.8. The number of fused-ring (bicyclic) bond motifs is 1. The van der Waals surface area contributed by atoms with Gasteiger partial charge >= 0.3 is 0 Å². The fourth-order valence-corrected chi connectivity index (χ4v) is 3.95. The highest BCUT2D eigenvalue weighted by molar-refractivity contribution is 7.91. The number of nitro benzene ring substituents is 1. The summed E-state index contributed by atoms with van der Waals surface area (Å²) in [5.74, 6) is -1.00. The Morgan fingerprint density at radius 2 is 1.83 bits per heavy atom. The highest BCUT2D eigenvalue weighted by Gasteiger charge is 2.32. The van der Waals surface area contributed by atoms with E-state index in [9.17, 15) is 22.9 Å². The molecule has 0 fully saturated rings. The molecule has 2 N–H and O–H groups in total. The molecule has 122 valence electrons. The Morgan fingerprint density at radius 3 is 2.50 bits per heavy atom. The maximum absolute atomic E-state index is 13.9. The number of halogens is 1. The van der Waals surface area contributed by atoms with Gasteiger partial charge in [0.1, 0.15) is 16.2 Å². The van der Waals surface area contributed by atoms with Gasteiger partial charge in [-0.15, -0.1) is 0 Å². The molecule has 9 heteroatoms. The number of rotatable bonds is 3. The van der Waals surface area contributed by atoms with E-state index in [-0.39, 0.29) is 16.6 Å². The van der Waals surface area contributed by atoms with E-state index in [1.165, 1.54) is 30.5 Å². The monoisotopic (exact) mass is 347 g/mol. The van der Waals surface area contributed by atoms with Crippen molar-refractivity contribution in [1.82, 2.24) is 4.98 Å². The first kappa shape index (κ1) is 15.8. The van der Waals surface area contributed by atoms with Gasteiger partial charge in [-0.1, -0.05) is 12.1 Å². The van der Waals surface area contributed by atoms with Crippen LogP contribution >= 0.6 is 0 Å². The van der Waals surface area contributed by atoms with E-state index in [2.05, 4.69) is 4.98 Å². The number of nitro groups is 1. The van der Waals surface area contributed by atoms with E-state index in [1.54, 1.807) is 0 Å². The van der Waals surface area contributed by atoms with Gasteiger partial charge in [0.25, 0.3) is 5.69 Å². The lowest BCUT2D eigenvalue weighted by molar-refractivity contribution is -0.386. The SMILES string of the molecule is Nc1cc(S(=O)(=O)c2ccccc2F)c([N+](=O)[O-])c2cccnc12. The summed E-state index contributed by atoms with van der Waals surface area (Å²) in [6.07, 6.45) is 1.38. The molecule has 0 aliphatic rings. The molecule has 1 heterocycles. The van der Waals surface area contributed by atoms with Gasteiger partial charge in [0.2, 0.25) is 9.84 Å². The van der Waals surface area contributed by atoms with Crippen LogP contribution in [0.15, 0.2) is 58.5 Å². The average molecular weight is 347 g/mol. The van der Waals surface area contributed by atoms with E-state index in [0.717, 1.165) is 18.2 Å². The summed E-state index contributed by atoms with van der Waals surface area (Å²) in [7, 11) is -4.48. The molecule has 0 atom stereocenters. The Hall–Kier alpha value is -3.07. The van der Waals surface area contributed by atoms with E-state index in [0.29, 0.717) is 0 Å². The Morgan fingerprint density at radius 1 is 1.12 bits per heavy atom. The number of nitrogens with zero attached hydrogens (tertiary/aromatic N) is 2. The molecule has 3 rings (SSSR count). The first-order valence-corrected chi connectivity index (χ1v) is 8.13. The van der Waals surface area contributed by atoms with Crippen molar-refractivity contribution < 1.29 is 17.7 Å². The summed E-state index contributed by atoms with van der Waals surface area (Å²) >= 11 is 0. The largest absolute Gasteiger partial charge is 0.397 e. The Labute approximate surface area is 135 Å². The second-order valence-electron chi connectivity index (χ2n) is 4.90. The van der Waals surface area contributed by atoms with Crippen molar-refractivity contribution in [3.8, 4) is 0 Å². The standard InChI is InChI=1S/C15H10FN3O4S/c16-10-5-1-2-6-12(10)24(22,23)13-8-11(17)14-9(4-3-7-18-14)15(13)19(20)21/h1-8H,17H2. The number of sulfone groups is 1. The van der Waals surface area contributed by atoms with Gasteiger partial charge in [-0.25, -0.2) is 12.8 Å². The molecule has 0 bridgehead atoms. The first-order chi connectivity index (χ1) is 11.3. The van der Waals surface area contributed by atoms with Crippen LogP contribution in [-0.4, -0.2) is 18.3 Å². The molecule has 2 aromatic carbocycles. The van der Waals surface area contributed by atoms with E-state index in [4.69, 9.17) is 5.73 Å². The number of hydrogen-bond acceptors (Lipinski definition) is 6. The predicted molar refractivity (Wildman–Crippen MR) is 84.7 cm³/mol. The highest BCUT2D eigenvalue weighted by Crippen LogP contribution is 2.38. The summed E-state index contributed by atoms with van der Waals surface area (Å²) in [5, 5.41) is 11.5. The van der Waals surface area contributed by atoms with Crippen LogP contribution in [0.3, 0.4) is 0 Å². The summed E-state index contributed by atoms with van der Waals surface area (Å²) in [4.78, 5) is 13.3. The number of aromatic nitrogens is 1. The summed E-state index contributed by atoms with van der Waals surface area (Å²) < 4.78 is 39.4. The number of hydrogen-bond donors (Lipinski definition) is 1. The van der Waals surface area contributed by atoms with E-state index >= 15 is 0 Å². The number of nitrogens with two attached hydrogens (primary N) is 1. The van der Waals surface area contributed by atoms with Crippen molar-refractivity contribution in [1.29, 1.82) is 0 Å². The third-order valence-corrected chi connectivity index (χ3v) is 5.25. The lowest BCUT2D eigenvalue weighted by Crippen LogP contribution is -2.09. The molecule has 0 saturated carbocycles. The third-order valence-electron chi connectivity index (χ3n) is 3.45. The van der Waals surface area contributed by atoms with Crippen LogP contribution < -0.4 is 5.73 Å². The van der Waals surface area contributed by atoms with Crippen molar-refractivity contribution in [3.63, 3.8) is 0 Å². The van der Waals surface area contributed by atoms with Crippen LogP contribution in [0.4, 0.5) is 15.8 Å². The van der Waals surface area contributed by atoms with E-state index in [1.807, 2.05) is 0 Å². The summed E-state index contributed by atoms with van der Waals surface area (Å²) in [6, 6.07) is 8.36. The van der Waals surface area contributed by atoms with Crippen LogP contribution in [0.2, 0.25) is 0 Å². The third kappa shape index (κ3) is 2.35. The first-order valence-electron chi connectivity index (χ1n) is 6.65. The quantitative estimate of drug-likeness (QED) is 0.442. The summed E-state index contributed by atoms with van der Waals surface area (Å²) in [5.41, 5.74) is 5.17. The van der Waals surface area contributed by atoms with Gasteiger partial charge in [0.05, 0.1) is 16.0 Å². The zero-order valence-electron chi connectivity index (χ0n) is 12.0. The molecular formula is C15H10FN3O4S. The fraction of sp³-hybridized carbons (Fsp3) is 0. The van der Waals surface area contributed by atoms with Crippen molar-refractivity contribution in [3.05, 3.63) is 64.6 Å². The zero-order chi connectivity index (χ0) is 17.5. The lowest BCUT2D eigenvalue weighted by Gasteiger charge is -2.10. The van der Waals surface area contributed by atoms with Gasteiger partial charge in [0, 0.05) is 6.20 Å². The molecule has 0 aliphatic heterocycles. The number of anilines is 1. The second kappa shape index (κ2) is 5.53. The van der Waals surface area contributed by atoms with Crippen LogP contribution in [0, 0.1) is 15.9 Å². The molecule has 1 aromatic heterocycles. The molecule has 0 aliphatic carbocycles.